The molecule has 0 radical (unpaired) electrons. The van der Waals surface area contributed by atoms with E-state index < -0.39 is 5.97 Å². The van der Waals surface area contributed by atoms with Gasteiger partial charge in [-0.2, -0.15) is 0 Å². The average Bonchev–Trinajstić information content (AvgIpc) is 2.07. The molecule has 4 heteroatoms. The van der Waals surface area contributed by atoms with Crippen molar-refractivity contribution in [2.75, 3.05) is 0 Å². The highest BCUT2D eigenvalue weighted by molar-refractivity contribution is 7.99. The molecule has 0 saturated carbocycles. The van der Waals surface area contributed by atoms with Gasteiger partial charge in [-0.15, -0.1) is 11.8 Å². The molecular formula is C10H13NO2S. The molecule has 0 aliphatic rings. The highest BCUT2D eigenvalue weighted by Gasteiger charge is 2.08. The largest absolute Gasteiger partial charge is 0.481 e. The van der Waals surface area contributed by atoms with E-state index in [0.29, 0.717) is 0 Å². The maximum absolute atomic E-state index is 10.4. The summed E-state index contributed by atoms with van der Waals surface area (Å²) in [4.78, 5) is 11.4. The van der Waals surface area contributed by atoms with Gasteiger partial charge in [0.2, 0.25) is 0 Å². The lowest BCUT2D eigenvalue weighted by Gasteiger charge is -2.08. The van der Waals surface area contributed by atoms with E-state index in [1.165, 1.54) is 17.3 Å². The van der Waals surface area contributed by atoms with Crippen LogP contribution in [-0.4, -0.2) is 16.4 Å². The maximum atomic E-state index is 10.4. The fraction of sp³-hybridized carbons (Fsp3) is 0.300. The molecule has 0 bridgehead atoms. The Morgan fingerprint density at radius 2 is 2.07 bits per heavy atom. The Morgan fingerprint density at radius 1 is 1.50 bits per heavy atom. The molecule has 1 aromatic carbocycles. The van der Waals surface area contributed by atoms with Crippen LogP contribution >= 0.6 is 11.8 Å². The van der Waals surface area contributed by atoms with Crippen molar-refractivity contribution >= 4 is 17.7 Å². The molecule has 14 heavy (non-hydrogen) atoms. The topological polar surface area (TPSA) is 63.3 Å². The Labute approximate surface area is 87.3 Å². The third-order valence-electron chi connectivity index (χ3n) is 1.68. The van der Waals surface area contributed by atoms with Crippen LogP contribution in [0.3, 0.4) is 0 Å². The lowest BCUT2D eigenvalue weighted by atomic mass is 10.2. The molecule has 0 fully saturated rings. The summed E-state index contributed by atoms with van der Waals surface area (Å²) in [6.45, 7) is 2.01. The first-order chi connectivity index (χ1) is 6.58. The Kier molecular flexibility index (Phi) is 3.98. The average molecular weight is 211 g/mol. The summed E-state index contributed by atoms with van der Waals surface area (Å²) in [6, 6.07) is 7.86. The van der Waals surface area contributed by atoms with Gasteiger partial charge in [-0.1, -0.05) is 17.7 Å². The molecule has 0 aromatic heterocycles. The van der Waals surface area contributed by atoms with Crippen LogP contribution < -0.4 is 5.73 Å². The molecular weight excluding hydrogens is 198 g/mol. The van der Waals surface area contributed by atoms with Crippen LogP contribution in [-0.2, 0) is 4.79 Å². The molecule has 1 rings (SSSR count). The second-order valence-electron chi connectivity index (χ2n) is 3.07. The van der Waals surface area contributed by atoms with Gasteiger partial charge in [-0.3, -0.25) is 4.79 Å². The molecule has 1 unspecified atom stereocenters. The van der Waals surface area contributed by atoms with Crippen LogP contribution in [0.2, 0.25) is 0 Å². The third-order valence-corrected chi connectivity index (χ3v) is 2.70. The number of aliphatic carboxylic acids is 1. The molecule has 0 heterocycles. The summed E-state index contributed by atoms with van der Waals surface area (Å²) in [5, 5.41) is 8.13. The first-order valence-electron chi connectivity index (χ1n) is 4.28. The van der Waals surface area contributed by atoms with Crippen LogP contribution in [0.25, 0.3) is 0 Å². The monoisotopic (exact) mass is 211 g/mol. The summed E-state index contributed by atoms with van der Waals surface area (Å²) in [7, 11) is 0. The van der Waals surface area contributed by atoms with Gasteiger partial charge in [0.05, 0.1) is 11.8 Å². The number of benzene rings is 1. The summed E-state index contributed by atoms with van der Waals surface area (Å²) in [5.74, 6) is -0.864. The van der Waals surface area contributed by atoms with Crippen LogP contribution in [0.4, 0.5) is 0 Å². The smallest absolute Gasteiger partial charge is 0.305 e. The van der Waals surface area contributed by atoms with E-state index in [1.54, 1.807) is 0 Å². The molecule has 0 spiro atoms. The Morgan fingerprint density at radius 3 is 2.57 bits per heavy atom. The van der Waals surface area contributed by atoms with Crippen molar-refractivity contribution in [2.24, 2.45) is 5.73 Å². The quantitative estimate of drug-likeness (QED) is 0.589. The number of nitrogens with two attached hydrogens (primary N) is 1. The minimum absolute atomic E-state index is 0.0153. The molecule has 0 amide bonds. The highest BCUT2D eigenvalue weighted by Crippen LogP contribution is 2.22. The minimum atomic E-state index is -0.864. The minimum Gasteiger partial charge on any atom is -0.481 e. The maximum Gasteiger partial charge on any atom is 0.305 e. The lowest BCUT2D eigenvalue weighted by molar-refractivity contribution is -0.136. The first kappa shape index (κ1) is 11.1. The van der Waals surface area contributed by atoms with Crippen molar-refractivity contribution in [1.82, 2.24) is 0 Å². The van der Waals surface area contributed by atoms with Gasteiger partial charge in [0.25, 0.3) is 0 Å². The Balaban J connectivity index is 2.51. The second-order valence-corrected chi connectivity index (χ2v) is 4.38. The molecule has 3 N–H and O–H groups in total. The molecule has 0 aliphatic heterocycles. The molecule has 1 atom stereocenters. The van der Waals surface area contributed by atoms with Crippen molar-refractivity contribution in [1.29, 1.82) is 0 Å². The van der Waals surface area contributed by atoms with Gasteiger partial charge >= 0.3 is 5.97 Å². The van der Waals surface area contributed by atoms with E-state index in [2.05, 4.69) is 0 Å². The van der Waals surface area contributed by atoms with Gasteiger partial charge in [0.1, 0.15) is 0 Å². The Bertz CT molecular complexity index is 310. The number of carboxylic acid groups (broad SMARTS) is 1. The van der Waals surface area contributed by atoms with Crippen LogP contribution in [0.5, 0.6) is 0 Å². The molecule has 0 aliphatic carbocycles. The van der Waals surface area contributed by atoms with Crippen LogP contribution in [0, 0.1) is 6.92 Å². The van der Waals surface area contributed by atoms with Crippen molar-refractivity contribution < 1.29 is 9.90 Å². The van der Waals surface area contributed by atoms with E-state index in [1.807, 2.05) is 31.2 Å². The van der Waals surface area contributed by atoms with E-state index in [-0.39, 0.29) is 11.8 Å². The number of carbonyl (C=O) groups is 1. The zero-order valence-corrected chi connectivity index (χ0v) is 8.75. The summed E-state index contributed by atoms with van der Waals surface area (Å²) >= 11 is 1.38. The summed E-state index contributed by atoms with van der Waals surface area (Å²) in [5.41, 5.74) is 6.81. The lowest BCUT2D eigenvalue weighted by Crippen LogP contribution is -2.19. The number of rotatable bonds is 4. The predicted octanol–water partition coefficient (Wildman–Crippen LogP) is 1.85. The number of thioether (sulfide) groups is 1. The number of aryl methyl sites for hydroxylation is 1. The normalized spacial score (nSPS) is 12.4. The van der Waals surface area contributed by atoms with Gasteiger partial charge in [-0.25, -0.2) is 0 Å². The van der Waals surface area contributed by atoms with Crippen molar-refractivity contribution in [3.8, 4) is 0 Å². The van der Waals surface area contributed by atoms with Crippen molar-refractivity contribution in [2.45, 2.75) is 23.6 Å². The third kappa shape index (κ3) is 3.81. The molecule has 0 saturated heterocycles. The van der Waals surface area contributed by atoms with Gasteiger partial charge in [0, 0.05) is 4.90 Å². The van der Waals surface area contributed by atoms with E-state index >= 15 is 0 Å². The molecule has 76 valence electrons. The number of hydrogen-bond acceptors (Lipinski definition) is 3. The summed E-state index contributed by atoms with van der Waals surface area (Å²) < 4.78 is 0. The SMILES string of the molecule is Cc1ccc(SC(N)CC(=O)O)cc1. The second kappa shape index (κ2) is 5.02. The van der Waals surface area contributed by atoms with E-state index in [0.717, 1.165) is 4.90 Å². The van der Waals surface area contributed by atoms with E-state index in [4.69, 9.17) is 10.8 Å². The Hall–Kier alpha value is -1.00. The van der Waals surface area contributed by atoms with E-state index in [9.17, 15) is 4.79 Å². The molecule has 1 aromatic rings. The number of hydrogen-bond donors (Lipinski definition) is 2. The fourth-order valence-electron chi connectivity index (χ4n) is 1.01. The van der Waals surface area contributed by atoms with Gasteiger partial charge < -0.3 is 10.8 Å². The zero-order valence-electron chi connectivity index (χ0n) is 7.93. The zero-order chi connectivity index (χ0) is 10.6. The van der Waals surface area contributed by atoms with Gasteiger partial charge in [0.15, 0.2) is 0 Å². The predicted molar refractivity (Wildman–Crippen MR) is 57.3 cm³/mol. The number of carboxylic acids is 1. The first-order valence-corrected chi connectivity index (χ1v) is 5.16. The van der Waals surface area contributed by atoms with Crippen molar-refractivity contribution in [3.05, 3.63) is 29.8 Å². The molecule has 3 nitrogen and oxygen atoms in total. The highest BCUT2D eigenvalue weighted by atomic mass is 32.2. The standard InChI is InChI=1S/C10H13NO2S/c1-7-2-4-8(5-3-7)14-9(11)6-10(12)13/h2-5,9H,6,11H2,1H3,(H,12,13). The summed E-state index contributed by atoms with van der Waals surface area (Å²) in [6.07, 6.45) is -0.0153. The van der Waals surface area contributed by atoms with Crippen LogP contribution in [0.1, 0.15) is 12.0 Å². The van der Waals surface area contributed by atoms with Gasteiger partial charge in [-0.05, 0) is 19.1 Å². The fourth-order valence-corrected chi connectivity index (χ4v) is 1.87. The van der Waals surface area contributed by atoms with Crippen molar-refractivity contribution in [3.63, 3.8) is 0 Å². The van der Waals surface area contributed by atoms with Crippen LogP contribution in [0.15, 0.2) is 29.2 Å².